The summed E-state index contributed by atoms with van der Waals surface area (Å²) >= 11 is 0. The predicted octanol–water partition coefficient (Wildman–Crippen LogP) is 1.23. The fourth-order valence-corrected chi connectivity index (χ4v) is 4.40. The van der Waals surface area contributed by atoms with Crippen molar-refractivity contribution < 1.29 is 31.2 Å². The number of hydrogen-bond donors (Lipinski definition) is 2. The number of hydrogen-bond acceptors (Lipinski definition) is 4. The second-order valence-corrected chi connectivity index (χ2v) is 8.92. The van der Waals surface area contributed by atoms with Gasteiger partial charge in [-0.25, -0.2) is 13.2 Å². The quantitative estimate of drug-likeness (QED) is 0.723. The third kappa shape index (κ3) is 5.38. The highest BCUT2D eigenvalue weighted by Crippen LogP contribution is 2.30. The van der Waals surface area contributed by atoms with Crippen LogP contribution in [0.25, 0.3) is 0 Å². The van der Waals surface area contributed by atoms with Crippen molar-refractivity contribution in [3.63, 3.8) is 0 Å². The lowest BCUT2D eigenvalue weighted by atomic mass is 10.0. The molecule has 0 aromatic heterocycles. The van der Waals surface area contributed by atoms with E-state index in [1.807, 2.05) is 0 Å². The van der Waals surface area contributed by atoms with Crippen molar-refractivity contribution in [2.45, 2.75) is 31.0 Å². The number of amides is 3. The summed E-state index contributed by atoms with van der Waals surface area (Å²) in [6.45, 7) is 3.62. The average molecular weight is 436 g/mol. The number of nitrogens with zero attached hydrogens (tertiary/aromatic N) is 2. The number of nitrogens with two attached hydrogens (primary N) is 1. The molecule has 0 radical (unpaired) electrons. The van der Waals surface area contributed by atoms with Crippen LogP contribution in [0.3, 0.4) is 0 Å². The maximum Gasteiger partial charge on any atom is 0.416 e. The van der Waals surface area contributed by atoms with Crippen molar-refractivity contribution >= 4 is 22.0 Å². The molecule has 1 fully saturated rings. The van der Waals surface area contributed by atoms with Crippen LogP contribution in [-0.4, -0.2) is 61.8 Å². The molecule has 1 heterocycles. The summed E-state index contributed by atoms with van der Waals surface area (Å²) in [5, 5.41) is 2.38. The van der Waals surface area contributed by atoms with E-state index < -0.39 is 33.8 Å². The van der Waals surface area contributed by atoms with Crippen LogP contribution in [0.1, 0.15) is 19.4 Å². The Kier molecular flexibility index (Phi) is 6.78. The van der Waals surface area contributed by atoms with E-state index in [-0.39, 0.29) is 42.9 Å². The van der Waals surface area contributed by atoms with E-state index >= 15 is 0 Å². The predicted molar refractivity (Wildman–Crippen MR) is 98.1 cm³/mol. The van der Waals surface area contributed by atoms with Gasteiger partial charge in [0.2, 0.25) is 15.9 Å². The van der Waals surface area contributed by atoms with Gasteiger partial charge in [0, 0.05) is 26.2 Å². The van der Waals surface area contributed by atoms with Gasteiger partial charge in [0.25, 0.3) is 0 Å². The van der Waals surface area contributed by atoms with Crippen molar-refractivity contribution in [2.24, 2.45) is 11.7 Å². The largest absolute Gasteiger partial charge is 0.416 e. The van der Waals surface area contributed by atoms with Gasteiger partial charge >= 0.3 is 12.2 Å². The topological polar surface area (TPSA) is 113 Å². The second kappa shape index (κ2) is 8.57. The van der Waals surface area contributed by atoms with Gasteiger partial charge in [0.1, 0.15) is 6.04 Å². The summed E-state index contributed by atoms with van der Waals surface area (Å²) in [6.07, 6.45) is -4.56. The lowest BCUT2D eigenvalue weighted by Gasteiger charge is -2.36. The molecule has 0 unspecified atom stereocenters. The van der Waals surface area contributed by atoms with E-state index in [9.17, 15) is 31.2 Å². The molecule has 12 heteroatoms. The van der Waals surface area contributed by atoms with Crippen molar-refractivity contribution in [3.05, 3.63) is 29.8 Å². The molecule has 29 heavy (non-hydrogen) atoms. The summed E-state index contributed by atoms with van der Waals surface area (Å²) in [6, 6.07) is 1.61. The molecule has 1 atom stereocenters. The fraction of sp³-hybridized carbons (Fsp3) is 0.529. The highest BCUT2D eigenvalue weighted by Gasteiger charge is 2.35. The van der Waals surface area contributed by atoms with E-state index in [4.69, 9.17) is 5.73 Å². The Morgan fingerprint density at radius 3 is 2.00 bits per heavy atom. The van der Waals surface area contributed by atoms with Crippen molar-refractivity contribution in [1.29, 1.82) is 0 Å². The second-order valence-electron chi connectivity index (χ2n) is 6.98. The van der Waals surface area contributed by atoms with E-state index in [1.165, 1.54) is 4.90 Å². The maximum absolute atomic E-state index is 12.7. The number of primary amides is 1. The Morgan fingerprint density at radius 2 is 1.59 bits per heavy atom. The Labute approximate surface area is 166 Å². The first kappa shape index (κ1) is 22.9. The first-order valence-corrected chi connectivity index (χ1v) is 10.3. The molecular formula is C17H23F3N4O4S. The minimum atomic E-state index is -4.56. The molecule has 1 aromatic rings. The standard InChI is InChI=1S/C17H23F3N4O4S/c1-11(2)14(22-16(21)26)15(25)23-7-9-24(10-8-23)29(27,28)13-5-3-12(4-6-13)17(18,19)20/h3-6,11,14H,7-10H2,1-2H3,(H3,21,22,26)/t14-/m0/s1. The molecule has 1 aliphatic rings. The molecule has 8 nitrogen and oxygen atoms in total. The number of carbonyl (C=O) groups excluding carboxylic acids is 2. The van der Waals surface area contributed by atoms with Crippen LogP contribution in [0, 0.1) is 5.92 Å². The number of urea groups is 1. The Morgan fingerprint density at radius 1 is 1.07 bits per heavy atom. The number of sulfonamides is 1. The minimum Gasteiger partial charge on any atom is -0.352 e. The highest BCUT2D eigenvalue weighted by atomic mass is 32.2. The van der Waals surface area contributed by atoms with E-state index in [1.54, 1.807) is 13.8 Å². The molecule has 1 aromatic carbocycles. The van der Waals surface area contributed by atoms with Gasteiger partial charge in [-0.2, -0.15) is 17.5 Å². The minimum absolute atomic E-state index is 0.0174. The molecule has 0 bridgehead atoms. The molecule has 3 N–H and O–H groups in total. The monoisotopic (exact) mass is 436 g/mol. The number of rotatable bonds is 5. The maximum atomic E-state index is 12.7. The van der Waals surface area contributed by atoms with Crippen LogP contribution in [0.4, 0.5) is 18.0 Å². The highest BCUT2D eigenvalue weighted by molar-refractivity contribution is 7.89. The molecule has 1 aliphatic heterocycles. The van der Waals surface area contributed by atoms with E-state index in [0.717, 1.165) is 28.6 Å². The lowest BCUT2D eigenvalue weighted by Crippen LogP contribution is -2.57. The number of piperazine rings is 1. The lowest BCUT2D eigenvalue weighted by molar-refractivity contribution is -0.137. The molecular weight excluding hydrogens is 413 g/mol. The number of carbonyl (C=O) groups is 2. The molecule has 3 amide bonds. The zero-order chi connectivity index (χ0) is 22.0. The Bertz CT molecular complexity index is 848. The summed E-state index contributed by atoms with van der Waals surface area (Å²) in [7, 11) is -3.99. The number of halogens is 3. The van der Waals surface area contributed by atoms with Gasteiger partial charge in [-0.05, 0) is 30.2 Å². The summed E-state index contributed by atoms with van der Waals surface area (Å²) < 4.78 is 64.5. The van der Waals surface area contributed by atoms with Gasteiger partial charge in [0.05, 0.1) is 10.5 Å². The third-order valence-electron chi connectivity index (χ3n) is 4.60. The van der Waals surface area contributed by atoms with Crippen LogP contribution < -0.4 is 11.1 Å². The van der Waals surface area contributed by atoms with Crippen molar-refractivity contribution in [1.82, 2.24) is 14.5 Å². The zero-order valence-electron chi connectivity index (χ0n) is 15.9. The fourth-order valence-electron chi connectivity index (χ4n) is 2.98. The normalized spacial score (nSPS) is 17.2. The van der Waals surface area contributed by atoms with Crippen LogP contribution >= 0.6 is 0 Å². The van der Waals surface area contributed by atoms with Crippen LogP contribution in [0.5, 0.6) is 0 Å². The molecule has 162 valence electrons. The molecule has 0 spiro atoms. The third-order valence-corrected chi connectivity index (χ3v) is 6.51. The molecule has 1 saturated heterocycles. The average Bonchev–Trinajstić information content (AvgIpc) is 2.64. The summed E-state index contributed by atoms with van der Waals surface area (Å²) in [4.78, 5) is 24.9. The van der Waals surface area contributed by atoms with Gasteiger partial charge in [-0.3, -0.25) is 4.79 Å². The van der Waals surface area contributed by atoms with Crippen LogP contribution in [0.15, 0.2) is 29.2 Å². The van der Waals surface area contributed by atoms with Crippen LogP contribution in [-0.2, 0) is 21.0 Å². The van der Waals surface area contributed by atoms with Gasteiger partial charge < -0.3 is 16.0 Å². The molecule has 0 aliphatic carbocycles. The number of alkyl halides is 3. The van der Waals surface area contributed by atoms with Crippen LogP contribution in [0.2, 0.25) is 0 Å². The van der Waals surface area contributed by atoms with Gasteiger partial charge in [-0.15, -0.1) is 0 Å². The van der Waals surface area contributed by atoms with Gasteiger partial charge in [0.15, 0.2) is 0 Å². The zero-order valence-corrected chi connectivity index (χ0v) is 16.8. The van der Waals surface area contributed by atoms with Gasteiger partial charge in [-0.1, -0.05) is 13.8 Å². The number of nitrogens with one attached hydrogen (secondary N) is 1. The van der Waals surface area contributed by atoms with E-state index in [2.05, 4.69) is 5.32 Å². The SMILES string of the molecule is CC(C)[C@H](NC(N)=O)C(=O)N1CCN(S(=O)(=O)c2ccc(C(F)(F)F)cc2)CC1. The van der Waals surface area contributed by atoms with Crippen molar-refractivity contribution in [2.75, 3.05) is 26.2 Å². The molecule has 0 saturated carbocycles. The summed E-state index contributed by atoms with van der Waals surface area (Å²) in [5.41, 5.74) is 4.16. The number of benzene rings is 1. The van der Waals surface area contributed by atoms with Crippen molar-refractivity contribution in [3.8, 4) is 0 Å². The van der Waals surface area contributed by atoms with E-state index in [0.29, 0.717) is 0 Å². The smallest absolute Gasteiger partial charge is 0.352 e. The Balaban J connectivity index is 2.07. The summed E-state index contributed by atoms with van der Waals surface area (Å²) in [5.74, 6) is -0.589. The molecule has 2 rings (SSSR count). The Hall–Kier alpha value is -2.34. The first-order chi connectivity index (χ1) is 13.3. The first-order valence-electron chi connectivity index (χ1n) is 8.86.